The fourth-order valence-corrected chi connectivity index (χ4v) is 2.56. The predicted molar refractivity (Wildman–Crippen MR) is 64.6 cm³/mol. The zero-order chi connectivity index (χ0) is 10.6. The maximum absolute atomic E-state index is 8.86. The minimum atomic E-state index is 0.00517. The Morgan fingerprint density at radius 2 is 2.21 bits per heavy atom. The molecule has 0 aliphatic rings. The minimum Gasteiger partial charge on any atom is -0.396 e. The molecule has 80 valence electrons. The summed E-state index contributed by atoms with van der Waals surface area (Å²) in [7, 11) is 0. The standard InChI is InChI=1S/C10H16BrNOS/c1-10(2,5-6-13)12-7-8-3-4-9(11)14-8/h3-4,12-13H,5-7H2,1-2H3. The van der Waals surface area contributed by atoms with Crippen LogP contribution < -0.4 is 5.32 Å². The first kappa shape index (κ1) is 12.2. The molecule has 1 rings (SSSR count). The predicted octanol–water partition coefficient (Wildman–Crippen LogP) is 2.76. The largest absolute Gasteiger partial charge is 0.396 e. The lowest BCUT2D eigenvalue weighted by atomic mass is 10.0. The van der Waals surface area contributed by atoms with Crippen molar-refractivity contribution in [3.05, 3.63) is 20.8 Å². The molecule has 0 bridgehead atoms. The average Bonchev–Trinajstić information content (AvgIpc) is 2.48. The summed E-state index contributed by atoms with van der Waals surface area (Å²) >= 11 is 5.17. The van der Waals surface area contributed by atoms with E-state index in [-0.39, 0.29) is 12.1 Å². The second-order valence-corrected chi connectivity index (χ2v) is 6.46. The lowest BCUT2D eigenvalue weighted by Gasteiger charge is -2.25. The summed E-state index contributed by atoms with van der Waals surface area (Å²) in [5.41, 5.74) is 0.00517. The highest BCUT2D eigenvalue weighted by molar-refractivity contribution is 9.11. The van der Waals surface area contributed by atoms with E-state index in [1.54, 1.807) is 11.3 Å². The molecule has 2 nitrogen and oxygen atoms in total. The summed E-state index contributed by atoms with van der Waals surface area (Å²) in [5, 5.41) is 12.3. The first-order valence-electron chi connectivity index (χ1n) is 4.63. The number of halogens is 1. The van der Waals surface area contributed by atoms with Gasteiger partial charge in [0.25, 0.3) is 0 Å². The number of rotatable bonds is 5. The normalized spacial score (nSPS) is 12.0. The molecule has 0 atom stereocenters. The van der Waals surface area contributed by atoms with Gasteiger partial charge in [0.05, 0.1) is 3.79 Å². The highest BCUT2D eigenvalue weighted by Crippen LogP contribution is 2.22. The van der Waals surface area contributed by atoms with Gasteiger partial charge < -0.3 is 10.4 Å². The van der Waals surface area contributed by atoms with Gasteiger partial charge in [0.15, 0.2) is 0 Å². The van der Waals surface area contributed by atoms with Crippen molar-refractivity contribution < 1.29 is 5.11 Å². The maximum Gasteiger partial charge on any atom is 0.0701 e. The van der Waals surface area contributed by atoms with Gasteiger partial charge in [-0.25, -0.2) is 0 Å². The molecule has 1 aromatic rings. The summed E-state index contributed by atoms with van der Waals surface area (Å²) in [6, 6.07) is 4.16. The summed E-state index contributed by atoms with van der Waals surface area (Å²) in [6.45, 7) is 5.30. The highest BCUT2D eigenvalue weighted by atomic mass is 79.9. The number of thiophene rings is 1. The van der Waals surface area contributed by atoms with Crippen LogP contribution in [-0.4, -0.2) is 17.3 Å². The molecule has 0 aliphatic heterocycles. The number of aliphatic hydroxyl groups is 1. The van der Waals surface area contributed by atoms with Crippen molar-refractivity contribution in [2.75, 3.05) is 6.61 Å². The number of aliphatic hydroxyl groups excluding tert-OH is 1. The van der Waals surface area contributed by atoms with Gasteiger partial charge in [-0.1, -0.05) is 0 Å². The molecule has 0 unspecified atom stereocenters. The SMILES string of the molecule is CC(C)(CCO)NCc1ccc(Br)s1. The van der Waals surface area contributed by atoms with Gasteiger partial charge in [-0.3, -0.25) is 0 Å². The Balaban J connectivity index is 2.40. The van der Waals surface area contributed by atoms with Crippen molar-refractivity contribution in [1.29, 1.82) is 0 Å². The molecule has 0 saturated carbocycles. The summed E-state index contributed by atoms with van der Waals surface area (Å²) in [4.78, 5) is 1.31. The number of hydrogen-bond acceptors (Lipinski definition) is 3. The second kappa shape index (κ2) is 5.26. The van der Waals surface area contributed by atoms with Crippen molar-refractivity contribution in [1.82, 2.24) is 5.32 Å². The van der Waals surface area contributed by atoms with Gasteiger partial charge >= 0.3 is 0 Å². The molecule has 4 heteroatoms. The third-order valence-electron chi connectivity index (χ3n) is 2.11. The number of nitrogens with one attached hydrogen (secondary N) is 1. The van der Waals surface area contributed by atoms with Crippen molar-refractivity contribution >= 4 is 27.3 Å². The number of hydrogen-bond donors (Lipinski definition) is 2. The van der Waals surface area contributed by atoms with Crippen LogP contribution in [0.3, 0.4) is 0 Å². The molecular weight excluding hydrogens is 262 g/mol. The monoisotopic (exact) mass is 277 g/mol. The summed E-state index contributed by atoms with van der Waals surface area (Å²) in [6.07, 6.45) is 0.777. The first-order valence-corrected chi connectivity index (χ1v) is 6.24. The summed E-state index contributed by atoms with van der Waals surface area (Å²) < 4.78 is 1.16. The fraction of sp³-hybridized carbons (Fsp3) is 0.600. The highest BCUT2D eigenvalue weighted by Gasteiger charge is 2.15. The van der Waals surface area contributed by atoms with E-state index in [1.807, 2.05) is 0 Å². The van der Waals surface area contributed by atoms with Crippen LogP contribution in [0.2, 0.25) is 0 Å². The molecule has 2 N–H and O–H groups in total. The Bertz CT molecular complexity index is 285. The third kappa shape index (κ3) is 4.09. The molecule has 0 fully saturated rings. The van der Waals surface area contributed by atoms with Gasteiger partial charge in [0.1, 0.15) is 0 Å². The van der Waals surface area contributed by atoms with Crippen molar-refractivity contribution in [2.24, 2.45) is 0 Å². The van der Waals surface area contributed by atoms with Gasteiger partial charge in [0.2, 0.25) is 0 Å². The molecular formula is C10H16BrNOS. The fourth-order valence-electron chi connectivity index (χ4n) is 1.14. The van der Waals surface area contributed by atoms with Crippen molar-refractivity contribution in [3.63, 3.8) is 0 Å². The van der Waals surface area contributed by atoms with Crippen molar-refractivity contribution in [3.8, 4) is 0 Å². The lowest BCUT2D eigenvalue weighted by Crippen LogP contribution is -2.39. The Kier molecular flexibility index (Phi) is 4.57. The first-order chi connectivity index (χ1) is 6.53. The molecule has 1 aromatic heterocycles. The van der Waals surface area contributed by atoms with Gasteiger partial charge in [-0.15, -0.1) is 11.3 Å². The van der Waals surface area contributed by atoms with Crippen LogP contribution in [0.15, 0.2) is 15.9 Å². The quantitative estimate of drug-likeness (QED) is 0.868. The molecule has 0 spiro atoms. The van der Waals surface area contributed by atoms with Crippen LogP contribution in [-0.2, 0) is 6.54 Å². The average molecular weight is 278 g/mol. The molecule has 0 aromatic carbocycles. The van der Waals surface area contributed by atoms with Gasteiger partial charge in [0, 0.05) is 23.6 Å². The van der Waals surface area contributed by atoms with E-state index in [0.717, 1.165) is 16.8 Å². The molecule has 14 heavy (non-hydrogen) atoms. The van der Waals surface area contributed by atoms with E-state index in [2.05, 4.69) is 47.2 Å². The molecule has 1 heterocycles. The van der Waals surface area contributed by atoms with Gasteiger partial charge in [-0.2, -0.15) is 0 Å². The van der Waals surface area contributed by atoms with Crippen LogP contribution in [0.4, 0.5) is 0 Å². The van der Waals surface area contributed by atoms with Gasteiger partial charge in [-0.05, 0) is 48.3 Å². The Morgan fingerprint density at radius 3 is 2.71 bits per heavy atom. The van der Waals surface area contributed by atoms with Crippen LogP contribution >= 0.6 is 27.3 Å². The van der Waals surface area contributed by atoms with E-state index in [4.69, 9.17) is 5.11 Å². The Labute approximate surface area is 97.5 Å². The maximum atomic E-state index is 8.86. The molecule has 0 radical (unpaired) electrons. The van der Waals surface area contributed by atoms with E-state index >= 15 is 0 Å². The van der Waals surface area contributed by atoms with E-state index in [0.29, 0.717) is 0 Å². The Morgan fingerprint density at radius 1 is 1.50 bits per heavy atom. The second-order valence-electron chi connectivity index (χ2n) is 3.92. The van der Waals surface area contributed by atoms with Crippen LogP contribution in [0.25, 0.3) is 0 Å². The molecule has 0 aliphatic carbocycles. The van der Waals surface area contributed by atoms with Crippen LogP contribution in [0, 0.1) is 0 Å². The summed E-state index contributed by atoms with van der Waals surface area (Å²) in [5.74, 6) is 0. The lowest BCUT2D eigenvalue weighted by molar-refractivity contribution is 0.230. The van der Waals surface area contributed by atoms with Crippen LogP contribution in [0.1, 0.15) is 25.1 Å². The molecule has 0 saturated heterocycles. The van der Waals surface area contributed by atoms with E-state index in [9.17, 15) is 0 Å². The smallest absolute Gasteiger partial charge is 0.0701 e. The molecule has 0 amide bonds. The van der Waals surface area contributed by atoms with E-state index in [1.165, 1.54) is 4.88 Å². The van der Waals surface area contributed by atoms with E-state index < -0.39 is 0 Å². The zero-order valence-electron chi connectivity index (χ0n) is 8.51. The minimum absolute atomic E-state index is 0.00517. The Hall–Kier alpha value is 0.1000. The topological polar surface area (TPSA) is 32.3 Å². The third-order valence-corrected chi connectivity index (χ3v) is 3.73. The zero-order valence-corrected chi connectivity index (χ0v) is 10.9. The van der Waals surface area contributed by atoms with Crippen LogP contribution in [0.5, 0.6) is 0 Å². The van der Waals surface area contributed by atoms with Crippen molar-refractivity contribution in [2.45, 2.75) is 32.4 Å².